The van der Waals surface area contributed by atoms with E-state index in [9.17, 15) is 0 Å². The molecule has 0 unspecified atom stereocenters. The highest BCUT2D eigenvalue weighted by atomic mass is 16.2. The number of aliphatic hydroxyl groups is 1. The molecule has 1 aliphatic carbocycles. The van der Waals surface area contributed by atoms with E-state index in [0.717, 1.165) is 12.8 Å². The van der Waals surface area contributed by atoms with Crippen LogP contribution >= 0.6 is 0 Å². The van der Waals surface area contributed by atoms with Gasteiger partial charge in [0.1, 0.15) is 0 Å². The first-order valence-electron chi connectivity index (χ1n) is 6.04. The molecule has 82 valence electrons. The first-order chi connectivity index (χ1) is 7.33. The fraction of sp³-hybridized carbons (Fsp3) is 0.571. The number of hydrogen-bond acceptors (Lipinski definition) is 1. The zero-order chi connectivity index (χ0) is 10.7. The van der Waals surface area contributed by atoms with Crippen molar-refractivity contribution in [1.29, 1.82) is 0 Å². The highest BCUT2D eigenvalue weighted by Gasteiger charge is 2.14. The van der Waals surface area contributed by atoms with Crippen LogP contribution in [-0.2, 0) is 19.3 Å². The van der Waals surface area contributed by atoms with E-state index in [2.05, 4.69) is 19.1 Å². The van der Waals surface area contributed by atoms with Crippen LogP contribution in [0.3, 0.4) is 0 Å². The predicted molar refractivity (Wildman–Crippen MR) is 63.2 cm³/mol. The van der Waals surface area contributed by atoms with E-state index in [1.165, 1.54) is 36.8 Å². The van der Waals surface area contributed by atoms with E-state index >= 15 is 0 Å². The number of aryl methyl sites for hydroxylation is 2. The summed E-state index contributed by atoms with van der Waals surface area (Å²) in [4.78, 5) is 0. The van der Waals surface area contributed by atoms with Crippen molar-refractivity contribution < 1.29 is 5.11 Å². The zero-order valence-corrected chi connectivity index (χ0v) is 9.55. The minimum Gasteiger partial charge on any atom is -0.396 e. The molecular formula is C14H20O. The Morgan fingerprint density at radius 1 is 1.13 bits per heavy atom. The number of hydrogen-bond donors (Lipinski definition) is 1. The Morgan fingerprint density at radius 3 is 2.60 bits per heavy atom. The summed E-state index contributed by atoms with van der Waals surface area (Å²) in [5.41, 5.74) is 6.12. The quantitative estimate of drug-likeness (QED) is 0.802. The molecular weight excluding hydrogens is 184 g/mol. The molecule has 0 saturated heterocycles. The van der Waals surface area contributed by atoms with Crippen LogP contribution in [0.5, 0.6) is 0 Å². The van der Waals surface area contributed by atoms with Crippen LogP contribution in [0.25, 0.3) is 0 Å². The lowest BCUT2D eigenvalue weighted by molar-refractivity contribution is 0.288. The van der Waals surface area contributed by atoms with Crippen molar-refractivity contribution in [1.82, 2.24) is 0 Å². The van der Waals surface area contributed by atoms with Gasteiger partial charge >= 0.3 is 0 Å². The van der Waals surface area contributed by atoms with E-state index in [1.807, 2.05) is 0 Å². The summed E-state index contributed by atoms with van der Waals surface area (Å²) < 4.78 is 0. The molecule has 0 atom stereocenters. The summed E-state index contributed by atoms with van der Waals surface area (Å²) in [6.07, 6.45) is 7.13. The second-order valence-electron chi connectivity index (χ2n) is 4.53. The fourth-order valence-corrected chi connectivity index (χ4v) is 2.63. The lowest BCUT2D eigenvalue weighted by Gasteiger charge is -2.21. The topological polar surface area (TPSA) is 20.2 Å². The molecule has 15 heavy (non-hydrogen) atoms. The van der Waals surface area contributed by atoms with Gasteiger partial charge in [-0.25, -0.2) is 0 Å². The average molecular weight is 204 g/mol. The molecule has 0 heterocycles. The van der Waals surface area contributed by atoms with Gasteiger partial charge in [-0.1, -0.05) is 12.1 Å². The fourth-order valence-electron chi connectivity index (χ4n) is 2.63. The van der Waals surface area contributed by atoms with Gasteiger partial charge in [0, 0.05) is 6.61 Å². The summed E-state index contributed by atoms with van der Waals surface area (Å²) in [5, 5.41) is 8.89. The third-order valence-corrected chi connectivity index (χ3v) is 3.47. The second kappa shape index (κ2) is 4.80. The highest BCUT2D eigenvalue weighted by Crippen LogP contribution is 2.27. The van der Waals surface area contributed by atoms with Gasteiger partial charge in [-0.15, -0.1) is 0 Å². The summed E-state index contributed by atoms with van der Waals surface area (Å²) in [7, 11) is 0. The van der Waals surface area contributed by atoms with Crippen LogP contribution in [-0.4, -0.2) is 11.7 Å². The number of fused-ring (bicyclic) bond motifs is 1. The molecule has 0 saturated carbocycles. The standard InChI is InChI=1S/C14H20O/c1-11-8-9-12(5-4-10-15)14-7-3-2-6-13(11)14/h8-9,15H,2-7,10H2,1H3. The molecule has 0 spiro atoms. The average Bonchev–Trinajstić information content (AvgIpc) is 2.29. The molecule has 0 bridgehead atoms. The third-order valence-electron chi connectivity index (χ3n) is 3.47. The molecule has 0 aliphatic heterocycles. The molecule has 0 aromatic heterocycles. The third kappa shape index (κ3) is 2.23. The van der Waals surface area contributed by atoms with E-state index in [1.54, 1.807) is 11.1 Å². The zero-order valence-electron chi connectivity index (χ0n) is 9.55. The summed E-state index contributed by atoms with van der Waals surface area (Å²) in [5.74, 6) is 0. The maximum atomic E-state index is 8.89. The van der Waals surface area contributed by atoms with E-state index in [4.69, 9.17) is 5.11 Å². The minimum absolute atomic E-state index is 0.308. The first-order valence-corrected chi connectivity index (χ1v) is 6.04. The van der Waals surface area contributed by atoms with Crippen LogP contribution in [0, 0.1) is 6.92 Å². The van der Waals surface area contributed by atoms with Crippen LogP contribution in [0.2, 0.25) is 0 Å². The summed E-state index contributed by atoms with van der Waals surface area (Å²) >= 11 is 0. The Morgan fingerprint density at radius 2 is 1.87 bits per heavy atom. The van der Waals surface area contributed by atoms with E-state index in [-0.39, 0.29) is 0 Å². The SMILES string of the molecule is Cc1ccc(CCCO)c2c1CCCC2. The molecule has 1 aromatic rings. The van der Waals surface area contributed by atoms with Crippen LogP contribution in [0.4, 0.5) is 0 Å². The Hall–Kier alpha value is -0.820. The molecule has 0 amide bonds. The van der Waals surface area contributed by atoms with Crippen LogP contribution in [0.1, 0.15) is 41.5 Å². The lowest BCUT2D eigenvalue weighted by Crippen LogP contribution is -2.08. The van der Waals surface area contributed by atoms with Gasteiger partial charge in [-0.05, 0) is 67.7 Å². The molecule has 1 heteroatoms. The Labute approximate surface area is 92.1 Å². The maximum Gasteiger partial charge on any atom is 0.0434 e. The van der Waals surface area contributed by atoms with Crippen molar-refractivity contribution in [3.05, 3.63) is 34.4 Å². The minimum atomic E-state index is 0.308. The highest BCUT2D eigenvalue weighted by molar-refractivity contribution is 5.42. The molecule has 2 rings (SSSR count). The number of aliphatic hydroxyl groups excluding tert-OH is 1. The molecule has 1 nitrogen and oxygen atoms in total. The van der Waals surface area contributed by atoms with Crippen molar-refractivity contribution in [3.8, 4) is 0 Å². The van der Waals surface area contributed by atoms with Gasteiger partial charge < -0.3 is 5.11 Å². The van der Waals surface area contributed by atoms with Crippen molar-refractivity contribution in [2.75, 3.05) is 6.61 Å². The molecule has 0 fully saturated rings. The monoisotopic (exact) mass is 204 g/mol. The number of benzene rings is 1. The van der Waals surface area contributed by atoms with Gasteiger partial charge in [0.25, 0.3) is 0 Å². The Kier molecular flexibility index (Phi) is 3.42. The van der Waals surface area contributed by atoms with E-state index in [0.29, 0.717) is 6.61 Å². The maximum absolute atomic E-state index is 8.89. The molecule has 1 N–H and O–H groups in total. The van der Waals surface area contributed by atoms with Gasteiger partial charge in [-0.3, -0.25) is 0 Å². The normalized spacial score (nSPS) is 15.1. The van der Waals surface area contributed by atoms with Crippen molar-refractivity contribution >= 4 is 0 Å². The second-order valence-corrected chi connectivity index (χ2v) is 4.53. The Bertz CT molecular complexity index is 341. The van der Waals surface area contributed by atoms with Crippen molar-refractivity contribution in [3.63, 3.8) is 0 Å². The summed E-state index contributed by atoms with van der Waals surface area (Å²) in [6, 6.07) is 4.51. The number of rotatable bonds is 3. The van der Waals surface area contributed by atoms with Crippen LogP contribution in [0.15, 0.2) is 12.1 Å². The first kappa shape index (κ1) is 10.7. The van der Waals surface area contributed by atoms with Gasteiger partial charge in [0.05, 0.1) is 0 Å². The molecule has 1 aromatic carbocycles. The van der Waals surface area contributed by atoms with Crippen LogP contribution < -0.4 is 0 Å². The van der Waals surface area contributed by atoms with Crippen molar-refractivity contribution in [2.45, 2.75) is 45.4 Å². The van der Waals surface area contributed by atoms with Gasteiger partial charge in [-0.2, -0.15) is 0 Å². The van der Waals surface area contributed by atoms with Gasteiger partial charge in [0.15, 0.2) is 0 Å². The molecule has 0 radical (unpaired) electrons. The van der Waals surface area contributed by atoms with E-state index < -0.39 is 0 Å². The largest absolute Gasteiger partial charge is 0.396 e. The Balaban J connectivity index is 2.30. The summed E-state index contributed by atoms with van der Waals surface area (Å²) in [6.45, 7) is 2.53. The molecule has 1 aliphatic rings. The van der Waals surface area contributed by atoms with Gasteiger partial charge in [0.2, 0.25) is 0 Å². The lowest BCUT2D eigenvalue weighted by atomic mass is 9.84. The van der Waals surface area contributed by atoms with Crippen molar-refractivity contribution in [2.24, 2.45) is 0 Å². The predicted octanol–water partition coefficient (Wildman–Crippen LogP) is 2.80. The smallest absolute Gasteiger partial charge is 0.0434 e.